The molecule has 0 radical (unpaired) electrons. The lowest BCUT2D eigenvalue weighted by Gasteiger charge is -2.42. The highest BCUT2D eigenvalue weighted by Crippen LogP contribution is 2.51. The molecule has 2 heterocycles. The molecule has 5 N–H and O–H groups in total. The van der Waals surface area contributed by atoms with Crippen LogP contribution in [-0.2, 0) is 20.7 Å². The number of aliphatic hydroxyl groups excluding tert-OH is 5. The van der Waals surface area contributed by atoms with Gasteiger partial charge in [-0.2, -0.15) is 0 Å². The van der Waals surface area contributed by atoms with Crippen LogP contribution in [0, 0.1) is 11.8 Å². The number of ether oxygens (including phenoxy) is 7. The molecule has 2 aromatic carbocycles. The van der Waals surface area contributed by atoms with Gasteiger partial charge in [0, 0.05) is 18.4 Å². The number of carbonyl (C=O) groups excluding carboxylic acids is 1. The molecule has 5 rings (SSSR count). The van der Waals surface area contributed by atoms with Gasteiger partial charge in [0.1, 0.15) is 24.4 Å². The van der Waals surface area contributed by atoms with E-state index in [9.17, 15) is 30.3 Å². The van der Waals surface area contributed by atoms with Crippen molar-refractivity contribution in [2.75, 3.05) is 41.3 Å². The Bertz CT molecular complexity index is 1240. The summed E-state index contributed by atoms with van der Waals surface area (Å²) < 4.78 is 38.8. The quantitative estimate of drug-likeness (QED) is 0.258. The van der Waals surface area contributed by atoms with Gasteiger partial charge in [-0.25, -0.2) is 0 Å². The van der Waals surface area contributed by atoms with Gasteiger partial charge in [-0.05, 0) is 47.4 Å². The average molecular weight is 579 g/mol. The SMILES string of the molecule is COc1cc([C@@H]2c3cc4c(cc3C[C@@H](CO)[C@@H]2C(=O)O[C@H]2O[C@@H](CO)[C@H](O)[C@@H](O)[C@@H]2O)OCO4)cc(OC)c1OC. The van der Waals surface area contributed by atoms with Crippen molar-refractivity contribution in [3.8, 4) is 28.7 Å². The number of rotatable bonds is 8. The van der Waals surface area contributed by atoms with Crippen molar-refractivity contribution in [2.24, 2.45) is 11.8 Å². The predicted molar refractivity (Wildman–Crippen MR) is 138 cm³/mol. The highest BCUT2D eigenvalue weighted by atomic mass is 16.7. The Kier molecular flexibility index (Phi) is 8.45. The second-order valence-corrected chi connectivity index (χ2v) is 10.1. The number of fused-ring (bicyclic) bond motifs is 2. The van der Waals surface area contributed by atoms with E-state index in [4.69, 9.17) is 33.2 Å². The second-order valence-electron chi connectivity index (χ2n) is 10.1. The van der Waals surface area contributed by atoms with Gasteiger partial charge in [0.25, 0.3) is 0 Å². The summed E-state index contributed by atoms with van der Waals surface area (Å²) >= 11 is 0. The summed E-state index contributed by atoms with van der Waals surface area (Å²) in [7, 11) is 4.41. The number of aliphatic hydroxyl groups is 5. The summed E-state index contributed by atoms with van der Waals surface area (Å²) in [4.78, 5) is 13.9. The lowest BCUT2D eigenvalue weighted by Crippen LogP contribution is -2.60. The molecule has 0 saturated carbocycles. The van der Waals surface area contributed by atoms with Crippen LogP contribution in [0.25, 0.3) is 0 Å². The van der Waals surface area contributed by atoms with Crippen LogP contribution in [-0.4, -0.2) is 104 Å². The van der Waals surface area contributed by atoms with Crippen LogP contribution in [0.15, 0.2) is 24.3 Å². The fraction of sp³-hybridized carbons (Fsp3) is 0.536. The highest BCUT2D eigenvalue weighted by molar-refractivity contribution is 5.77. The number of hydrogen-bond donors (Lipinski definition) is 5. The van der Waals surface area contributed by atoms with Crippen molar-refractivity contribution in [1.29, 1.82) is 0 Å². The van der Waals surface area contributed by atoms with Crippen LogP contribution in [0.1, 0.15) is 22.6 Å². The monoisotopic (exact) mass is 578 g/mol. The van der Waals surface area contributed by atoms with Gasteiger partial charge < -0.3 is 58.7 Å². The largest absolute Gasteiger partial charge is 0.493 e. The van der Waals surface area contributed by atoms with Crippen molar-refractivity contribution in [3.63, 3.8) is 0 Å². The minimum absolute atomic E-state index is 0.0408. The molecular weight excluding hydrogens is 544 g/mol. The predicted octanol–water partition coefficient (Wildman–Crippen LogP) is -0.303. The lowest BCUT2D eigenvalue weighted by atomic mass is 9.66. The fourth-order valence-corrected chi connectivity index (χ4v) is 5.87. The van der Waals surface area contributed by atoms with E-state index in [1.54, 1.807) is 18.2 Å². The molecule has 13 nitrogen and oxygen atoms in total. The summed E-state index contributed by atoms with van der Waals surface area (Å²) in [6, 6.07) is 7.01. The highest BCUT2D eigenvalue weighted by Gasteiger charge is 2.49. The standard InChI is InChI=1S/C28H34O13/c1-35-18-6-13(7-19(36-2)26(18)37-3)21-15-8-17-16(38-11-39-17)5-12(15)4-14(9-29)22(21)27(34)41-28-25(33)24(32)23(31)20(10-30)40-28/h5-8,14,20-25,28-33H,4,9-11H2,1-3H3/t14-,20-,21+,22-,23-,24+,25-,28+/m0/s1. The zero-order valence-corrected chi connectivity index (χ0v) is 22.8. The summed E-state index contributed by atoms with van der Waals surface area (Å²) in [5.41, 5.74) is 2.11. The smallest absolute Gasteiger partial charge is 0.312 e. The Morgan fingerprint density at radius 2 is 1.54 bits per heavy atom. The van der Waals surface area contributed by atoms with Gasteiger partial charge >= 0.3 is 5.97 Å². The number of esters is 1. The number of carbonyl (C=O) groups is 1. The van der Waals surface area contributed by atoms with E-state index in [0.29, 0.717) is 39.9 Å². The van der Waals surface area contributed by atoms with Gasteiger partial charge in [0.05, 0.1) is 33.9 Å². The summed E-state index contributed by atoms with van der Waals surface area (Å²) in [6.07, 6.45) is -7.79. The molecule has 1 fully saturated rings. The van der Waals surface area contributed by atoms with Gasteiger partial charge in [-0.3, -0.25) is 4.79 Å². The number of hydrogen-bond acceptors (Lipinski definition) is 13. The Balaban J connectivity index is 1.61. The van der Waals surface area contributed by atoms with Crippen LogP contribution in [0.3, 0.4) is 0 Å². The van der Waals surface area contributed by atoms with E-state index < -0.39 is 61.0 Å². The maximum atomic E-state index is 13.9. The summed E-state index contributed by atoms with van der Waals surface area (Å²) in [5, 5.41) is 50.9. The Labute approximate surface area is 235 Å². The molecule has 1 aliphatic carbocycles. The van der Waals surface area contributed by atoms with E-state index in [1.807, 2.05) is 6.07 Å². The van der Waals surface area contributed by atoms with Gasteiger partial charge in [0.2, 0.25) is 18.8 Å². The van der Waals surface area contributed by atoms with Gasteiger partial charge in [-0.1, -0.05) is 0 Å². The summed E-state index contributed by atoms with van der Waals surface area (Å²) in [5.74, 6) is -1.18. The van der Waals surface area contributed by atoms with Crippen molar-refractivity contribution in [2.45, 2.75) is 43.0 Å². The molecule has 13 heteroatoms. The number of methoxy groups -OCH3 is 3. The molecule has 8 atom stereocenters. The zero-order valence-electron chi connectivity index (χ0n) is 22.8. The topological polar surface area (TPSA) is 183 Å². The van der Waals surface area contributed by atoms with Crippen molar-refractivity contribution >= 4 is 5.97 Å². The molecule has 2 aromatic rings. The minimum Gasteiger partial charge on any atom is -0.493 e. The van der Waals surface area contributed by atoms with Crippen molar-refractivity contribution in [3.05, 3.63) is 41.0 Å². The van der Waals surface area contributed by atoms with Crippen LogP contribution in [0.5, 0.6) is 28.7 Å². The van der Waals surface area contributed by atoms with E-state index in [2.05, 4.69) is 0 Å². The van der Waals surface area contributed by atoms with Crippen LogP contribution in [0.2, 0.25) is 0 Å². The molecule has 2 aliphatic heterocycles. The van der Waals surface area contributed by atoms with E-state index in [0.717, 1.165) is 5.56 Å². The number of benzene rings is 2. The van der Waals surface area contributed by atoms with Crippen LogP contribution >= 0.6 is 0 Å². The molecule has 1 saturated heterocycles. The maximum Gasteiger partial charge on any atom is 0.312 e. The Morgan fingerprint density at radius 1 is 0.878 bits per heavy atom. The Morgan fingerprint density at radius 3 is 2.12 bits per heavy atom. The summed E-state index contributed by atoms with van der Waals surface area (Å²) in [6.45, 7) is -1.03. The fourth-order valence-electron chi connectivity index (χ4n) is 5.87. The Hall–Kier alpha value is -3.33. The van der Waals surface area contributed by atoms with Crippen LogP contribution < -0.4 is 23.7 Å². The van der Waals surface area contributed by atoms with Gasteiger partial charge in [0.15, 0.2) is 23.0 Å². The lowest BCUT2D eigenvalue weighted by molar-refractivity contribution is -0.294. The third-order valence-corrected chi connectivity index (χ3v) is 7.95. The van der Waals surface area contributed by atoms with Crippen molar-refractivity contribution < 1.29 is 63.5 Å². The normalized spacial score (nSPS) is 30.3. The molecule has 224 valence electrons. The first-order chi connectivity index (χ1) is 19.8. The molecule has 0 bridgehead atoms. The average Bonchev–Trinajstić information content (AvgIpc) is 3.45. The molecule has 0 spiro atoms. The van der Waals surface area contributed by atoms with E-state index in [1.165, 1.54) is 21.3 Å². The zero-order chi connectivity index (χ0) is 29.4. The molecule has 41 heavy (non-hydrogen) atoms. The van der Waals surface area contributed by atoms with Crippen LogP contribution in [0.4, 0.5) is 0 Å². The first-order valence-corrected chi connectivity index (χ1v) is 13.1. The molecule has 3 aliphatic rings. The first-order valence-electron chi connectivity index (χ1n) is 13.1. The maximum absolute atomic E-state index is 13.9. The van der Waals surface area contributed by atoms with Gasteiger partial charge in [-0.15, -0.1) is 0 Å². The minimum atomic E-state index is -1.78. The third kappa shape index (κ3) is 5.13. The molecular formula is C28H34O13. The molecule has 0 amide bonds. The van der Waals surface area contributed by atoms with E-state index >= 15 is 0 Å². The van der Waals surface area contributed by atoms with E-state index in [-0.39, 0.29) is 19.8 Å². The first kappa shape index (κ1) is 29.2. The molecule has 0 unspecified atom stereocenters. The van der Waals surface area contributed by atoms with Crippen molar-refractivity contribution in [1.82, 2.24) is 0 Å². The second kappa shape index (κ2) is 11.9. The third-order valence-electron chi connectivity index (χ3n) is 7.95. The molecule has 0 aromatic heterocycles.